The number of rotatable bonds is 5. The number of carbonyl (C=O) groups is 1. The number of nitrogens with zero attached hydrogens (tertiary/aromatic N) is 6. The van der Waals surface area contributed by atoms with E-state index in [1.807, 2.05) is 34.9 Å². The molecular weight excluding hydrogens is 340 g/mol. The van der Waals surface area contributed by atoms with Gasteiger partial charge in [0.15, 0.2) is 0 Å². The van der Waals surface area contributed by atoms with Crippen molar-refractivity contribution in [1.82, 2.24) is 29.4 Å². The third-order valence-corrected chi connectivity index (χ3v) is 6.18. The van der Waals surface area contributed by atoms with E-state index < -0.39 is 0 Å². The Balaban J connectivity index is 1.35. The highest BCUT2D eigenvalue weighted by atomic mass is 16.2. The minimum Gasteiger partial charge on any atom is -0.342 e. The van der Waals surface area contributed by atoms with Crippen LogP contribution in [0, 0.1) is 5.41 Å². The number of hydrogen-bond donors (Lipinski definition) is 0. The molecule has 0 aromatic carbocycles. The lowest BCUT2D eigenvalue weighted by Gasteiger charge is -2.48. The first-order valence-corrected chi connectivity index (χ1v) is 10.1. The quantitative estimate of drug-likeness (QED) is 0.807. The second-order valence-electron chi connectivity index (χ2n) is 8.20. The molecule has 2 aromatic heterocycles. The monoisotopic (exact) mass is 370 g/mol. The predicted octanol–water partition coefficient (Wildman–Crippen LogP) is 1.91. The molecule has 2 aliphatic heterocycles. The lowest BCUT2D eigenvalue weighted by atomic mass is 9.73. The van der Waals surface area contributed by atoms with Gasteiger partial charge < -0.3 is 4.90 Å². The van der Waals surface area contributed by atoms with Gasteiger partial charge in [-0.1, -0.05) is 0 Å². The fourth-order valence-corrected chi connectivity index (χ4v) is 4.79. The molecule has 1 amide bonds. The average Bonchev–Trinajstić information content (AvgIpc) is 3.32. The first-order valence-electron chi connectivity index (χ1n) is 10.1. The van der Waals surface area contributed by atoms with Crippen LogP contribution >= 0.6 is 0 Å². The van der Waals surface area contributed by atoms with Crippen molar-refractivity contribution in [2.75, 3.05) is 26.2 Å². The Kier molecular flexibility index (Phi) is 5.29. The van der Waals surface area contributed by atoms with Gasteiger partial charge in [0.1, 0.15) is 0 Å². The molecule has 2 saturated heterocycles. The third kappa shape index (κ3) is 4.24. The van der Waals surface area contributed by atoms with E-state index in [-0.39, 0.29) is 11.3 Å². The lowest BCUT2D eigenvalue weighted by molar-refractivity contribution is -0.136. The largest absolute Gasteiger partial charge is 0.342 e. The van der Waals surface area contributed by atoms with E-state index in [1.165, 1.54) is 25.0 Å². The summed E-state index contributed by atoms with van der Waals surface area (Å²) in [6, 6.07) is 4.01. The van der Waals surface area contributed by atoms with Crippen LogP contribution in [0.1, 0.15) is 37.8 Å². The van der Waals surface area contributed by atoms with Gasteiger partial charge in [-0.2, -0.15) is 10.2 Å². The van der Waals surface area contributed by atoms with Crippen molar-refractivity contribution in [3.8, 4) is 0 Å². The summed E-state index contributed by atoms with van der Waals surface area (Å²) in [7, 11) is 2.01. The summed E-state index contributed by atoms with van der Waals surface area (Å²) in [5, 5.41) is 8.49. The van der Waals surface area contributed by atoms with E-state index in [0.29, 0.717) is 13.0 Å². The van der Waals surface area contributed by atoms with Gasteiger partial charge in [0.05, 0.1) is 5.69 Å². The number of aromatic nitrogens is 4. The predicted molar refractivity (Wildman–Crippen MR) is 103 cm³/mol. The zero-order valence-corrected chi connectivity index (χ0v) is 16.3. The number of piperidine rings is 2. The standard InChI is InChI=1S/C20H30N6O/c1-23-18(5-10-21-23)15-24-11-2-7-20(16-24)8-3-12-25(17-20)19(27)6-14-26-13-4-9-22-26/h4-5,9-10,13H,2-3,6-8,11-12,14-17H2,1H3. The zero-order chi connectivity index (χ0) is 18.7. The fraction of sp³-hybridized carbons (Fsp3) is 0.650. The second-order valence-corrected chi connectivity index (χ2v) is 8.20. The van der Waals surface area contributed by atoms with Gasteiger partial charge in [-0.15, -0.1) is 0 Å². The van der Waals surface area contributed by atoms with Crippen molar-refractivity contribution in [1.29, 1.82) is 0 Å². The zero-order valence-electron chi connectivity index (χ0n) is 16.3. The molecule has 146 valence electrons. The Labute approximate surface area is 160 Å². The highest BCUT2D eigenvalue weighted by molar-refractivity contribution is 5.76. The van der Waals surface area contributed by atoms with E-state index in [0.717, 1.165) is 39.1 Å². The Morgan fingerprint density at radius 1 is 1.15 bits per heavy atom. The Hall–Kier alpha value is -2.15. The molecule has 2 fully saturated rings. The van der Waals surface area contributed by atoms with Crippen LogP contribution in [0.3, 0.4) is 0 Å². The highest BCUT2D eigenvalue weighted by Gasteiger charge is 2.40. The van der Waals surface area contributed by atoms with Crippen molar-refractivity contribution in [3.63, 3.8) is 0 Å². The molecule has 0 bridgehead atoms. The van der Waals surface area contributed by atoms with Gasteiger partial charge in [0, 0.05) is 70.2 Å². The third-order valence-electron chi connectivity index (χ3n) is 6.18. The summed E-state index contributed by atoms with van der Waals surface area (Å²) in [5.74, 6) is 0.272. The van der Waals surface area contributed by atoms with E-state index in [2.05, 4.69) is 26.1 Å². The van der Waals surface area contributed by atoms with Crippen molar-refractivity contribution in [2.45, 2.75) is 45.2 Å². The number of likely N-dealkylation sites (tertiary alicyclic amines) is 2. The molecule has 1 unspecified atom stereocenters. The Morgan fingerprint density at radius 3 is 2.74 bits per heavy atom. The first-order chi connectivity index (χ1) is 13.1. The summed E-state index contributed by atoms with van der Waals surface area (Å²) >= 11 is 0. The van der Waals surface area contributed by atoms with Crippen LogP contribution in [0.15, 0.2) is 30.7 Å². The molecule has 1 atom stereocenters. The molecule has 0 N–H and O–H groups in total. The molecule has 27 heavy (non-hydrogen) atoms. The number of hydrogen-bond acceptors (Lipinski definition) is 4. The topological polar surface area (TPSA) is 59.2 Å². The van der Waals surface area contributed by atoms with Crippen LogP contribution in [-0.4, -0.2) is 61.4 Å². The summed E-state index contributed by atoms with van der Waals surface area (Å²) in [6.07, 6.45) is 10.9. The molecule has 0 saturated carbocycles. The molecule has 1 spiro atoms. The van der Waals surface area contributed by atoms with Crippen molar-refractivity contribution < 1.29 is 4.79 Å². The van der Waals surface area contributed by atoms with Crippen LogP contribution < -0.4 is 0 Å². The smallest absolute Gasteiger partial charge is 0.224 e. The summed E-state index contributed by atoms with van der Waals surface area (Å²) in [5.41, 5.74) is 1.52. The maximum Gasteiger partial charge on any atom is 0.224 e. The van der Waals surface area contributed by atoms with Crippen molar-refractivity contribution in [3.05, 3.63) is 36.4 Å². The van der Waals surface area contributed by atoms with Gasteiger partial charge in [-0.25, -0.2) is 0 Å². The molecular formula is C20H30N6O. The molecule has 7 heteroatoms. The van der Waals surface area contributed by atoms with Crippen LogP contribution in [0.5, 0.6) is 0 Å². The lowest BCUT2D eigenvalue weighted by Crippen LogP contribution is -2.53. The van der Waals surface area contributed by atoms with E-state index in [9.17, 15) is 4.79 Å². The van der Waals surface area contributed by atoms with Crippen LogP contribution in [0.2, 0.25) is 0 Å². The summed E-state index contributed by atoms with van der Waals surface area (Å²) in [4.78, 5) is 17.4. The van der Waals surface area contributed by atoms with E-state index >= 15 is 0 Å². The molecule has 4 heterocycles. The Morgan fingerprint density at radius 2 is 2.00 bits per heavy atom. The molecule has 7 nitrogen and oxygen atoms in total. The SMILES string of the molecule is Cn1nccc1CN1CCCC2(CCCN(C(=O)CCn3cccn3)C2)C1. The fourth-order valence-electron chi connectivity index (χ4n) is 4.79. The van der Waals surface area contributed by atoms with Crippen LogP contribution in [0.25, 0.3) is 0 Å². The molecule has 0 aliphatic carbocycles. The van der Waals surface area contributed by atoms with Gasteiger partial charge >= 0.3 is 0 Å². The number of carbonyl (C=O) groups excluding carboxylic acids is 1. The van der Waals surface area contributed by atoms with Gasteiger partial charge in [-0.3, -0.25) is 19.1 Å². The summed E-state index contributed by atoms with van der Waals surface area (Å²) in [6.45, 7) is 5.66. The van der Waals surface area contributed by atoms with E-state index in [4.69, 9.17) is 0 Å². The van der Waals surface area contributed by atoms with Gasteiger partial charge in [0.25, 0.3) is 0 Å². The van der Waals surface area contributed by atoms with E-state index in [1.54, 1.807) is 6.20 Å². The minimum absolute atomic E-state index is 0.260. The Bertz CT molecular complexity index is 750. The summed E-state index contributed by atoms with van der Waals surface area (Å²) < 4.78 is 3.81. The molecule has 4 rings (SSSR count). The maximum absolute atomic E-state index is 12.8. The normalized spacial score (nSPS) is 23.8. The van der Waals surface area contributed by atoms with Gasteiger partial charge in [0.2, 0.25) is 5.91 Å². The average molecular weight is 371 g/mol. The molecule has 2 aromatic rings. The number of aryl methyl sites for hydroxylation is 2. The first kappa shape index (κ1) is 18.2. The molecule has 2 aliphatic rings. The van der Waals surface area contributed by atoms with Crippen LogP contribution in [-0.2, 0) is 24.9 Å². The number of amides is 1. The highest BCUT2D eigenvalue weighted by Crippen LogP contribution is 2.39. The van der Waals surface area contributed by atoms with Crippen LogP contribution in [0.4, 0.5) is 0 Å². The minimum atomic E-state index is 0.260. The van der Waals surface area contributed by atoms with Crippen molar-refractivity contribution in [2.24, 2.45) is 12.5 Å². The second kappa shape index (κ2) is 7.84. The van der Waals surface area contributed by atoms with Gasteiger partial charge in [-0.05, 0) is 44.4 Å². The molecule has 0 radical (unpaired) electrons. The van der Waals surface area contributed by atoms with Crippen molar-refractivity contribution >= 4 is 5.91 Å². The maximum atomic E-state index is 12.8.